The molecule has 0 saturated carbocycles. The van der Waals surface area contributed by atoms with E-state index in [1.807, 2.05) is 0 Å². The molecule has 0 fully saturated rings. The minimum atomic E-state index is -0.675. The van der Waals surface area contributed by atoms with Crippen molar-refractivity contribution in [1.82, 2.24) is 0 Å². The lowest BCUT2D eigenvalue weighted by atomic mass is 10.2. The van der Waals surface area contributed by atoms with Crippen molar-refractivity contribution in [2.45, 2.75) is 150 Å². The molecule has 0 aliphatic carbocycles. The number of hydrogen-bond acceptors (Lipinski definition) is 5. The van der Waals surface area contributed by atoms with Gasteiger partial charge in [-0.15, -0.1) is 0 Å². The second kappa shape index (κ2) is 37.4. The van der Waals surface area contributed by atoms with Crippen LogP contribution in [-0.2, 0) is 23.9 Å². The largest absolute Gasteiger partial charge is 0.481 e. The predicted octanol–water partition coefficient (Wildman–Crippen LogP) is 7.86. The van der Waals surface area contributed by atoms with E-state index in [1.165, 1.54) is 32.6 Å². The Morgan fingerprint density at radius 1 is 0.472 bits per heavy atom. The highest BCUT2D eigenvalue weighted by atomic mass is 16.5. The van der Waals surface area contributed by atoms with E-state index in [1.54, 1.807) is 0 Å². The summed E-state index contributed by atoms with van der Waals surface area (Å²) in [6.07, 6.45) is 17.0. The second-order valence-corrected chi connectivity index (χ2v) is 8.66. The van der Waals surface area contributed by atoms with Gasteiger partial charge in [0.1, 0.15) is 0 Å². The quantitative estimate of drug-likeness (QED) is 0.115. The normalized spacial score (nSPS) is 9.36. The Morgan fingerprint density at radius 3 is 0.972 bits per heavy atom. The van der Waals surface area contributed by atoms with Gasteiger partial charge in [-0.05, 0) is 25.7 Å². The number of ether oxygens (including phenoxy) is 1. The highest BCUT2D eigenvalue weighted by Gasteiger charge is 1.95. The maximum absolute atomic E-state index is 10.2. The fourth-order valence-electron chi connectivity index (χ4n) is 2.68. The van der Waals surface area contributed by atoms with E-state index < -0.39 is 17.9 Å². The Balaban J connectivity index is -0.000000190. The summed E-state index contributed by atoms with van der Waals surface area (Å²) >= 11 is 0. The van der Waals surface area contributed by atoms with Crippen molar-refractivity contribution < 1.29 is 39.2 Å². The van der Waals surface area contributed by atoms with Gasteiger partial charge in [-0.1, -0.05) is 98.3 Å². The van der Waals surface area contributed by atoms with Gasteiger partial charge < -0.3 is 20.1 Å². The maximum Gasteiger partial charge on any atom is 0.303 e. The standard InChI is InChI=1S/4C7H14O2/c1-3-4-5-6-9-7(2)8;3*1-2-3-4-5-6-7(8)9/h3-6H2,1-2H3;3*2-6H2,1H3,(H,8,9). The Labute approximate surface area is 220 Å². The van der Waals surface area contributed by atoms with Crippen LogP contribution in [0.25, 0.3) is 0 Å². The van der Waals surface area contributed by atoms with Gasteiger partial charge in [-0.3, -0.25) is 19.2 Å². The van der Waals surface area contributed by atoms with Crippen LogP contribution in [0.1, 0.15) is 150 Å². The summed E-state index contributed by atoms with van der Waals surface area (Å²) in [5.41, 5.74) is 0. The Bertz CT molecular complexity index is 404. The van der Waals surface area contributed by atoms with Crippen molar-refractivity contribution in [3.63, 3.8) is 0 Å². The summed E-state index contributed by atoms with van der Waals surface area (Å²) in [5.74, 6) is -2.20. The van der Waals surface area contributed by atoms with Crippen LogP contribution in [0.2, 0.25) is 0 Å². The zero-order valence-corrected chi connectivity index (χ0v) is 23.8. The number of esters is 1. The summed E-state index contributed by atoms with van der Waals surface area (Å²) in [4.78, 5) is 40.1. The molecule has 0 heterocycles. The molecule has 0 aliphatic rings. The highest BCUT2D eigenvalue weighted by molar-refractivity contribution is 5.67. The van der Waals surface area contributed by atoms with E-state index >= 15 is 0 Å². The molecule has 0 aromatic rings. The molecule has 0 radical (unpaired) electrons. The van der Waals surface area contributed by atoms with E-state index in [4.69, 9.17) is 20.1 Å². The lowest BCUT2D eigenvalue weighted by Crippen LogP contribution is -1.99. The smallest absolute Gasteiger partial charge is 0.303 e. The Morgan fingerprint density at radius 2 is 0.750 bits per heavy atom. The van der Waals surface area contributed by atoms with Crippen molar-refractivity contribution >= 4 is 23.9 Å². The zero-order chi connectivity index (χ0) is 28.5. The van der Waals surface area contributed by atoms with Gasteiger partial charge in [-0.2, -0.15) is 0 Å². The molecule has 0 amide bonds. The Hall–Kier alpha value is -2.12. The molecule has 216 valence electrons. The number of aliphatic carboxylic acids is 3. The van der Waals surface area contributed by atoms with Crippen LogP contribution in [0.3, 0.4) is 0 Å². The van der Waals surface area contributed by atoms with Crippen LogP contribution in [-0.4, -0.2) is 45.8 Å². The van der Waals surface area contributed by atoms with Crippen LogP contribution < -0.4 is 0 Å². The molecule has 0 rings (SSSR count). The van der Waals surface area contributed by atoms with Gasteiger partial charge in [0.15, 0.2) is 0 Å². The first-order valence-electron chi connectivity index (χ1n) is 13.9. The third-order valence-electron chi connectivity index (χ3n) is 4.79. The first-order valence-corrected chi connectivity index (χ1v) is 13.9. The molecular formula is C28H56O8. The third-order valence-corrected chi connectivity index (χ3v) is 4.79. The van der Waals surface area contributed by atoms with Crippen molar-refractivity contribution in [1.29, 1.82) is 0 Å². The number of rotatable bonds is 19. The molecule has 0 aromatic heterocycles. The van der Waals surface area contributed by atoms with Crippen LogP contribution in [0.5, 0.6) is 0 Å². The van der Waals surface area contributed by atoms with Crippen molar-refractivity contribution in [2.24, 2.45) is 0 Å². The molecule has 8 heteroatoms. The molecule has 0 unspecified atom stereocenters. The summed E-state index contributed by atoms with van der Waals surface area (Å²) < 4.78 is 4.70. The SMILES string of the molecule is CCCCCCC(=O)O.CCCCCCC(=O)O.CCCCCCC(=O)O.CCCCCOC(C)=O. The molecule has 3 N–H and O–H groups in total. The van der Waals surface area contributed by atoms with Crippen LogP contribution in [0.15, 0.2) is 0 Å². The van der Waals surface area contributed by atoms with Gasteiger partial charge in [0.2, 0.25) is 0 Å². The van der Waals surface area contributed by atoms with E-state index in [9.17, 15) is 19.2 Å². The monoisotopic (exact) mass is 520 g/mol. The molecular weight excluding hydrogens is 464 g/mol. The van der Waals surface area contributed by atoms with Crippen molar-refractivity contribution in [3.8, 4) is 0 Å². The van der Waals surface area contributed by atoms with Gasteiger partial charge in [-0.25, -0.2) is 0 Å². The molecule has 0 atom stereocenters. The van der Waals surface area contributed by atoms with Gasteiger partial charge in [0, 0.05) is 26.2 Å². The first kappa shape index (κ1) is 41.0. The van der Waals surface area contributed by atoms with E-state index in [2.05, 4.69) is 27.7 Å². The number of carboxylic acid groups (broad SMARTS) is 3. The lowest BCUT2D eigenvalue weighted by Gasteiger charge is -1.98. The number of carbonyl (C=O) groups is 4. The minimum Gasteiger partial charge on any atom is -0.481 e. The van der Waals surface area contributed by atoms with Crippen LogP contribution in [0, 0.1) is 0 Å². The summed E-state index contributed by atoms with van der Waals surface area (Å²) in [6.45, 7) is 10.5. The minimum absolute atomic E-state index is 0.175. The molecule has 36 heavy (non-hydrogen) atoms. The summed E-state index contributed by atoms with van der Waals surface area (Å²) in [6, 6.07) is 0. The summed E-state index contributed by atoms with van der Waals surface area (Å²) in [7, 11) is 0. The lowest BCUT2D eigenvalue weighted by molar-refractivity contribution is -0.141. The van der Waals surface area contributed by atoms with Crippen molar-refractivity contribution in [2.75, 3.05) is 6.61 Å². The van der Waals surface area contributed by atoms with Gasteiger partial charge in [0.25, 0.3) is 0 Å². The molecule has 0 aliphatic heterocycles. The van der Waals surface area contributed by atoms with Crippen molar-refractivity contribution in [3.05, 3.63) is 0 Å². The first-order chi connectivity index (χ1) is 17.1. The fraction of sp³-hybridized carbons (Fsp3) is 0.857. The molecule has 0 spiro atoms. The predicted molar refractivity (Wildman–Crippen MR) is 145 cm³/mol. The van der Waals surface area contributed by atoms with Crippen LogP contribution in [0.4, 0.5) is 0 Å². The average molecular weight is 521 g/mol. The van der Waals surface area contributed by atoms with E-state index in [-0.39, 0.29) is 5.97 Å². The molecule has 0 aromatic carbocycles. The van der Waals surface area contributed by atoms with E-state index in [0.29, 0.717) is 25.9 Å². The highest BCUT2D eigenvalue weighted by Crippen LogP contribution is 2.02. The number of hydrogen-bond donors (Lipinski definition) is 3. The van der Waals surface area contributed by atoms with Crippen LogP contribution >= 0.6 is 0 Å². The zero-order valence-electron chi connectivity index (χ0n) is 23.8. The molecule has 0 bridgehead atoms. The average Bonchev–Trinajstić information content (AvgIpc) is 2.81. The maximum atomic E-state index is 10.2. The summed E-state index contributed by atoms with van der Waals surface area (Å²) in [5, 5.41) is 24.6. The topological polar surface area (TPSA) is 138 Å². The number of carboxylic acids is 3. The molecule has 0 saturated heterocycles. The molecule has 8 nitrogen and oxygen atoms in total. The Kier molecular flexibility index (Phi) is 42.7. The number of carbonyl (C=O) groups excluding carboxylic acids is 1. The number of unbranched alkanes of at least 4 members (excludes halogenated alkanes) is 11. The van der Waals surface area contributed by atoms with E-state index in [0.717, 1.165) is 70.6 Å². The second-order valence-electron chi connectivity index (χ2n) is 8.66. The van der Waals surface area contributed by atoms with Gasteiger partial charge >= 0.3 is 23.9 Å². The van der Waals surface area contributed by atoms with Gasteiger partial charge in [0.05, 0.1) is 6.61 Å². The third kappa shape index (κ3) is 63.5. The fourth-order valence-corrected chi connectivity index (χ4v) is 2.68.